The minimum Gasteiger partial charge on any atom is -0.326 e. The van der Waals surface area contributed by atoms with Gasteiger partial charge in [-0.15, -0.1) is 0 Å². The summed E-state index contributed by atoms with van der Waals surface area (Å²) in [6.07, 6.45) is 0. The van der Waals surface area contributed by atoms with Crippen LogP contribution < -0.4 is 5.73 Å². The molecule has 0 atom stereocenters. The molecule has 2 rings (SSSR count). The molecule has 0 unspecified atom stereocenters. The van der Waals surface area contributed by atoms with Crippen LogP contribution in [-0.2, 0) is 6.54 Å². The summed E-state index contributed by atoms with van der Waals surface area (Å²) in [5, 5.41) is 0.769. The van der Waals surface area contributed by atoms with Gasteiger partial charge < -0.3 is 5.73 Å². The fraction of sp³-hybridized carbons (Fsp3) is 0.250. The van der Waals surface area contributed by atoms with E-state index in [0.717, 1.165) is 16.1 Å². The van der Waals surface area contributed by atoms with E-state index in [9.17, 15) is 0 Å². The van der Waals surface area contributed by atoms with E-state index in [1.165, 1.54) is 11.1 Å². The molecule has 0 saturated heterocycles. The average molecular weight is 260 g/mol. The monoisotopic (exact) mass is 259 g/mol. The molecule has 0 bridgehead atoms. The van der Waals surface area contributed by atoms with Crippen molar-refractivity contribution in [2.75, 3.05) is 0 Å². The molecule has 0 amide bonds. The van der Waals surface area contributed by atoms with Gasteiger partial charge in [-0.25, -0.2) is 0 Å². The van der Waals surface area contributed by atoms with Crippen molar-refractivity contribution in [1.29, 1.82) is 0 Å². The largest absolute Gasteiger partial charge is 0.326 e. The summed E-state index contributed by atoms with van der Waals surface area (Å²) >= 11 is 6.36. The summed E-state index contributed by atoms with van der Waals surface area (Å²) in [7, 11) is 0. The van der Waals surface area contributed by atoms with Gasteiger partial charge in [-0.3, -0.25) is 0 Å². The normalized spacial score (nSPS) is 10.9. The van der Waals surface area contributed by atoms with Crippen LogP contribution in [0.3, 0.4) is 0 Å². The molecule has 2 aromatic rings. The van der Waals surface area contributed by atoms with Gasteiger partial charge in [-0.05, 0) is 28.7 Å². The Bertz CT molecular complexity index is 547. The van der Waals surface area contributed by atoms with Gasteiger partial charge in [-0.2, -0.15) is 0 Å². The standard InChI is InChI=1S/C16H18ClN/c1-11(2)13-5-3-4-6-14(13)15-8-7-12(10-18)9-16(15)17/h3-9,11H,10,18H2,1-2H3. The molecule has 0 aliphatic heterocycles. The Balaban J connectivity index is 2.55. The molecule has 2 heteroatoms. The molecule has 1 nitrogen and oxygen atoms in total. The van der Waals surface area contributed by atoms with Gasteiger partial charge in [0.1, 0.15) is 0 Å². The number of rotatable bonds is 3. The maximum atomic E-state index is 6.36. The highest BCUT2D eigenvalue weighted by Crippen LogP contribution is 2.34. The molecule has 0 saturated carbocycles. The highest BCUT2D eigenvalue weighted by molar-refractivity contribution is 6.33. The van der Waals surface area contributed by atoms with Gasteiger partial charge in [0.15, 0.2) is 0 Å². The highest BCUT2D eigenvalue weighted by Gasteiger charge is 2.10. The third-order valence-corrected chi connectivity index (χ3v) is 3.45. The first kappa shape index (κ1) is 13.1. The van der Waals surface area contributed by atoms with Gasteiger partial charge in [0.25, 0.3) is 0 Å². The quantitative estimate of drug-likeness (QED) is 0.857. The van der Waals surface area contributed by atoms with Gasteiger partial charge in [0.05, 0.1) is 0 Å². The van der Waals surface area contributed by atoms with Crippen LogP contribution in [0.4, 0.5) is 0 Å². The van der Waals surface area contributed by atoms with Crippen molar-refractivity contribution in [1.82, 2.24) is 0 Å². The van der Waals surface area contributed by atoms with Crippen molar-refractivity contribution in [3.63, 3.8) is 0 Å². The lowest BCUT2D eigenvalue weighted by Gasteiger charge is -2.14. The molecule has 0 radical (unpaired) electrons. The maximum absolute atomic E-state index is 6.36. The predicted molar refractivity (Wildman–Crippen MR) is 78.9 cm³/mol. The first-order valence-electron chi connectivity index (χ1n) is 6.21. The van der Waals surface area contributed by atoms with Crippen LogP contribution in [0.1, 0.15) is 30.9 Å². The Hall–Kier alpha value is -1.31. The number of halogens is 1. The lowest BCUT2D eigenvalue weighted by Crippen LogP contribution is -1.97. The van der Waals surface area contributed by atoms with E-state index in [1.807, 2.05) is 18.2 Å². The molecule has 2 aromatic carbocycles. The molecule has 0 fully saturated rings. The number of benzene rings is 2. The summed E-state index contributed by atoms with van der Waals surface area (Å²) in [5.41, 5.74) is 10.3. The third kappa shape index (κ3) is 2.58. The molecule has 0 heterocycles. The number of hydrogen-bond acceptors (Lipinski definition) is 1. The van der Waals surface area contributed by atoms with Crippen LogP contribution >= 0.6 is 11.6 Å². The maximum Gasteiger partial charge on any atom is 0.0487 e. The van der Waals surface area contributed by atoms with E-state index in [-0.39, 0.29) is 0 Å². The molecule has 0 aliphatic carbocycles. The Kier molecular flexibility index (Phi) is 4.05. The second kappa shape index (κ2) is 5.55. The first-order valence-corrected chi connectivity index (χ1v) is 6.59. The minimum absolute atomic E-state index is 0.478. The van der Waals surface area contributed by atoms with Gasteiger partial charge in [0.2, 0.25) is 0 Å². The van der Waals surface area contributed by atoms with E-state index < -0.39 is 0 Å². The van der Waals surface area contributed by atoms with Crippen molar-refractivity contribution in [2.45, 2.75) is 26.3 Å². The summed E-state index contributed by atoms with van der Waals surface area (Å²) in [6, 6.07) is 14.5. The zero-order valence-corrected chi connectivity index (χ0v) is 11.5. The molecule has 0 aromatic heterocycles. The van der Waals surface area contributed by atoms with Crippen LogP contribution in [0, 0.1) is 0 Å². The zero-order chi connectivity index (χ0) is 13.1. The van der Waals surface area contributed by atoms with Gasteiger partial charge in [0, 0.05) is 17.1 Å². The van der Waals surface area contributed by atoms with Gasteiger partial charge >= 0.3 is 0 Å². The number of hydrogen-bond donors (Lipinski definition) is 1. The van der Waals surface area contributed by atoms with E-state index >= 15 is 0 Å². The van der Waals surface area contributed by atoms with Crippen LogP contribution in [-0.4, -0.2) is 0 Å². The molecule has 2 N–H and O–H groups in total. The summed E-state index contributed by atoms with van der Waals surface area (Å²) in [6.45, 7) is 4.91. The number of nitrogens with two attached hydrogens (primary N) is 1. The van der Waals surface area contributed by atoms with E-state index in [2.05, 4.69) is 38.1 Å². The highest BCUT2D eigenvalue weighted by atomic mass is 35.5. The Morgan fingerprint density at radius 1 is 1.06 bits per heavy atom. The van der Waals surface area contributed by atoms with Crippen molar-refractivity contribution >= 4 is 11.6 Å². The fourth-order valence-corrected chi connectivity index (χ4v) is 2.45. The van der Waals surface area contributed by atoms with Crippen molar-refractivity contribution in [2.24, 2.45) is 5.73 Å². The molecular weight excluding hydrogens is 242 g/mol. The van der Waals surface area contributed by atoms with Crippen LogP contribution in [0.15, 0.2) is 42.5 Å². The minimum atomic E-state index is 0.478. The first-order chi connectivity index (χ1) is 8.63. The third-order valence-electron chi connectivity index (χ3n) is 3.14. The molecule has 0 aliphatic rings. The van der Waals surface area contributed by atoms with Crippen molar-refractivity contribution in [3.8, 4) is 11.1 Å². The van der Waals surface area contributed by atoms with Crippen LogP contribution in [0.5, 0.6) is 0 Å². The van der Waals surface area contributed by atoms with E-state index in [1.54, 1.807) is 0 Å². The fourth-order valence-electron chi connectivity index (χ4n) is 2.15. The van der Waals surface area contributed by atoms with Crippen molar-refractivity contribution < 1.29 is 0 Å². The van der Waals surface area contributed by atoms with E-state index in [4.69, 9.17) is 17.3 Å². The smallest absolute Gasteiger partial charge is 0.0487 e. The van der Waals surface area contributed by atoms with Crippen LogP contribution in [0.25, 0.3) is 11.1 Å². The van der Waals surface area contributed by atoms with Gasteiger partial charge in [-0.1, -0.05) is 61.8 Å². The van der Waals surface area contributed by atoms with Crippen molar-refractivity contribution in [3.05, 3.63) is 58.6 Å². The second-order valence-corrected chi connectivity index (χ2v) is 5.17. The molecule has 94 valence electrons. The summed E-state index contributed by atoms with van der Waals surface area (Å²) in [4.78, 5) is 0. The van der Waals surface area contributed by atoms with E-state index in [0.29, 0.717) is 12.5 Å². The lowest BCUT2D eigenvalue weighted by molar-refractivity contribution is 0.869. The summed E-state index contributed by atoms with van der Waals surface area (Å²) in [5.74, 6) is 0.478. The Labute approximate surface area is 114 Å². The second-order valence-electron chi connectivity index (χ2n) is 4.76. The average Bonchev–Trinajstić information content (AvgIpc) is 2.38. The lowest BCUT2D eigenvalue weighted by atomic mass is 9.92. The van der Waals surface area contributed by atoms with Crippen LogP contribution in [0.2, 0.25) is 5.02 Å². The predicted octanol–water partition coefficient (Wildman–Crippen LogP) is 4.59. The molecule has 0 spiro atoms. The Morgan fingerprint density at radius 3 is 2.39 bits per heavy atom. The topological polar surface area (TPSA) is 26.0 Å². The Morgan fingerprint density at radius 2 is 1.78 bits per heavy atom. The SMILES string of the molecule is CC(C)c1ccccc1-c1ccc(CN)cc1Cl. The molecular formula is C16H18ClN. The molecule has 18 heavy (non-hydrogen) atoms. The zero-order valence-electron chi connectivity index (χ0n) is 10.8. The summed E-state index contributed by atoms with van der Waals surface area (Å²) < 4.78 is 0.